The van der Waals surface area contributed by atoms with E-state index in [2.05, 4.69) is 0 Å². The Morgan fingerprint density at radius 2 is 2.00 bits per heavy atom. The molecule has 3 unspecified atom stereocenters. The zero-order valence-electron chi connectivity index (χ0n) is 9.47. The van der Waals surface area contributed by atoms with Crippen LogP contribution in [0.1, 0.15) is 40.0 Å². The number of hydrogen-bond acceptors (Lipinski definition) is 3. The third-order valence-electron chi connectivity index (χ3n) is 2.75. The molecule has 0 rings (SSSR count). The summed E-state index contributed by atoms with van der Waals surface area (Å²) in [4.78, 5) is 21.0. The summed E-state index contributed by atoms with van der Waals surface area (Å²) < 4.78 is 0. The third kappa shape index (κ3) is 4.76. The van der Waals surface area contributed by atoms with Crippen LogP contribution in [-0.4, -0.2) is 22.0 Å². The summed E-state index contributed by atoms with van der Waals surface area (Å²) >= 11 is 0. The van der Waals surface area contributed by atoms with Gasteiger partial charge in [0.2, 0.25) is 6.04 Å². The van der Waals surface area contributed by atoms with Gasteiger partial charge in [-0.15, -0.1) is 0 Å². The average Bonchev–Trinajstić information content (AvgIpc) is 2.15. The van der Waals surface area contributed by atoms with Gasteiger partial charge in [-0.05, 0) is 12.8 Å². The van der Waals surface area contributed by atoms with Crippen LogP contribution in [0.5, 0.6) is 0 Å². The van der Waals surface area contributed by atoms with Gasteiger partial charge in [-0.1, -0.05) is 20.3 Å². The topological polar surface area (TPSA) is 80.4 Å². The first-order valence-corrected chi connectivity index (χ1v) is 5.26. The number of nitrogens with zero attached hydrogens (tertiary/aromatic N) is 1. The molecule has 0 heterocycles. The van der Waals surface area contributed by atoms with Crippen molar-refractivity contribution in [2.24, 2.45) is 11.8 Å². The number of carbonyl (C=O) groups is 1. The Bertz CT molecular complexity index is 229. The van der Waals surface area contributed by atoms with E-state index in [4.69, 9.17) is 5.11 Å². The van der Waals surface area contributed by atoms with Crippen LogP contribution in [0.25, 0.3) is 0 Å². The van der Waals surface area contributed by atoms with Crippen molar-refractivity contribution < 1.29 is 14.8 Å². The average molecular weight is 217 g/mol. The maximum atomic E-state index is 10.7. The molecule has 0 saturated heterocycles. The zero-order chi connectivity index (χ0) is 12.0. The van der Waals surface area contributed by atoms with Crippen LogP contribution in [0.4, 0.5) is 0 Å². The number of hydrogen-bond donors (Lipinski definition) is 1. The first-order chi connectivity index (χ1) is 6.90. The fraction of sp³-hybridized carbons (Fsp3) is 0.900. The molecule has 5 nitrogen and oxygen atoms in total. The molecule has 0 saturated carbocycles. The van der Waals surface area contributed by atoms with Crippen LogP contribution in [0.2, 0.25) is 0 Å². The molecule has 0 aliphatic rings. The lowest BCUT2D eigenvalue weighted by Crippen LogP contribution is -2.29. The van der Waals surface area contributed by atoms with Crippen molar-refractivity contribution in [2.45, 2.75) is 46.1 Å². The molecule has 0 aliphatic heterocycles. The maximum absolute atomic E-state index is 10.7. The van der Waals surface area contributed by atoms with Crippen molar-refractivity contribution in [1.29, 1.82) is 0 Å². The Labute approximate surface area is 89.6 Å². The van der Waals surface area contributed by atoms with E-state index in [1.54, 1.807) is 13.8 Å². The van der Waals surface area contributed by atoms with Gasteiger partial charge in [0.15, 0.2) is 0 Å². The lowest BCUT2D eigenvalue weighted by atomic mass is 9.87. The standard InChI is InChI=1S/C10H19NO4/c1-4-5-9(8(3)11(14)15)6-7(2)10(12)13/h7-9H,4-6H2,1-3H3,(H,12,13). The first kappa shape index (κ1) is 13.9. The Kier molecular flexibility index (Phi) is 5.89. The van der Waals surface area contributed by atoms with E-state index in [1.807, 2.05) is 6.92 Å². The number of nitro groups is 1. The van der Waals surface area contributed by atoms with Gasteiger partial charge >= 0.3 is 5.97 Å². The van der Waals surface area contributed by atoms with Crippen LogP contribution in [0, 0.1) is 22.0 Å². The first-order valence-electron chi connectivity index (χ1n) is 5.26. The van der Waals surface area contributed by atoms with E-state index < -0.39 is 17.9 Å². The molecule has 0 aliphatic carbocycles. The predicted octanol–water partition coefficient (Wildman–Crippen LogP) is 2.18. The second-order valence-electron chi connectivity index (χ2n) is 4.05. The molecule has 5 heteroatoms. The largest absolute Gasteiger partial charge is 0.481 e. The van der Waals surface area contributed by atoms with Crippen molar-refractivity contribution in [3.05, 3.63) is 10.1 Å². The van der Waals surface area contributed by atoms with Crippen molar-refractivity contribution >= 4 is 5.97 Å². The fourth-order valence-electron chi connectivity index (χ4n) is 1.65. The maximum Gasteiger partial charge on any atom is 0.306 e. The minimum atomic E-state index is -0.883. The molecule has 88 valence electrons. The van der Waals surface area contributed by atoms with E-state index in [0.29, 0.717) is 12.8 Å². The SMILES string of the molecule is CCCC(CC(C)C(=O)O)C(C)[N+](=O)[O-]. The summed E-state index contributed by atoms with van der Waals surface area (Å²) in [5, 5.41) is 19.4. The normalized spacial score (nSPS) is 16.7. The highest BCUT2D eigenvalue weighted by Crippen LogP contribution is 2.22. The molecule has 0 aromatic rings. The van der Waals surface area contributed by atoms with Crippen LogP contribution < -0.4 is 0 Å². The molecule has 0 bridgehead atoms. The molecule has 0 spiro atoms. The van der Waals surface area contributed by atoms with Gasteiger partial charge in [-0.2, -0.15) is 0 Å². The number of carboxylic acid groups (broad SMARTS) is 1. The minimum absolute atomic E-state index is 0.143. The smallest absolute Gasteiger partial charge is 0.306 e. The molecule has 0 aromatic carbocycles. The highest BCUT2D eigenvalue weighted by Gasteiger charge is 2.29. The molecule has 0 amide bonds. The fourth-order valence-corrected chi connectivity index (χ4v) is 1.65. The lowest BCUT2D eigenvalue weighted by molar-refractivity contribution is -0.528. The van der Waals surface area contributed by atoms with Crippen LogP contribution in [-0.2, 0) is 4.79 Å². The summed E-state index contributed by atoms with van der Waals surface area (Å²) in [5.74, 6) is -1.54. The minimum Gasteiger partial charge on any atom is -0.481 e. The van der Waals surface area contributed by atoms with Crippen molar-refractivity contribution in [3.63, 3.8) is 0 Å². The summed E-state index contributed by atoms with van der Waals surface area (Å²) in [6, 6.07) is -0.660. The Morgan fingerprint density at radius 1 is 1.47 bits per heavy atom. The summed E-state index contributed by atoms with van der Waals surface area (Å²) in [6.07, 6.45) is 1.93. The van der Waals surface area contributed by atoms with E-state index in [-0.39, 0.29) is 10.8 Å². The molecule has 0 aromatic heterocycles. The second-order valence-corrected chi connectivity index (χ2v) is 4.05. The van der Waals surface area contributed by atoms with E-state index in [0.717, 1.165) is 6.42 Å². The number of carboxylic acids is 1. The van der Waals surface area contributed by atoms with Gasteiger partial charge in [-0.3, -0.25) is 14.9 Å². The number of aliphatic carboxylic acids is 1. The van der Waals surface area contributed by atoms with E-state index in [1.165, 1.54) is 0 Å². The lowest BCUT2D eigenvalue weighted by Gasteiger charge is -2.19. The Hall–Kier alpha value is -1.13. The zero-order valence-corrected chi connectivity index (χ0v) is 9.47. The van der Waals surface area contributed by atoms with E-state index >= 15 is 0 Å². The highest BCUT2D eigenvalue weighted by molar-refractivity contribution is 5.69. The quantitative estimate of drug-likeness (QED) is 0.523. The number of rotatable bonds is 7. The molecule has 3 atom stereocenters. The van der Waals surface area contributed by atoms with Gasteiger partial charge < -0.3 is 5.11 Å². The molecule has 1 N–H and O–H groups in total. The third-order valence-corrected chi connectivity index (χ3v) is 2.75. The summed E-state index contributed by atoms with van der Waals surface area (Å²) in [7, 11) is 0. The van der Waals surface area contributed by atoms with Crippen LogP contribution in [0.15, 0.2) is 0 Å². The van der Waals surface area contributed by atoms with E-state index in [9.17, 15) is 14.9 Å². The second kappa shape index (κ2) is 6.37. The molecular formula is C10H19NO4. The summed E-state index contributed by atoms with van der Waals surface area (Å²) in [6.45, 7) is 5.09. The Morgan fingerprint density at radius 3 is 2.33 bits per heavy atom. The van der Waals surface area contributed by atoms with Crippen molar-refractivity contribution in [2.75, 3.05) is 0 Å². The summed E-state index contributed by atoms with van der Waals surface area (Å²) in [5.41, 5.74) is 0. The van der Waals surface area contributed by atoms with Gasteiger partial charge in [0.1, 0.15) is 0 Å². The van der Waals surface area contributed by atoms with Gasteiger partial charge in [0.25, 0.3) is 0 Å². The molecule has 0 fully saturated rings. The van der Waals surface area contributed by atoms with Crippen LogP contribution >= 0.6 is 0 Å². The van der Waals surface area contributed by atoms with Crippen molar-refractivity contribution in [3.8, 4) is 0 Å². The van der Waals surface area contributed by atoms with Crippen molar-refractivity contribution in [1.82, 2.24) is 0 Å². The Balaban J connectivity index is 4.39. The highest BCUT2D eigenvalue weighted by atomic mass is 16.6. The predicted molar refractivity (Wildman–Crippen MR) is 56.3 cm³/mol. The molecule has 0 radical (unpaired) electrons. The van der Waals surface area contributed by atoms with Gasteiger partial charge in [-0.25, -0.2) is 0 Å². The monoisotopic (exact) mass is 217 g/mol. The van der Waals surface area contributed by atoms with Crippen LogP contribution in [0.3, 0.4) is 0 Å². The molecular weight excluding hydrogens is 198 g/mol. The molecule has 15 heavy (non-hydrogen) atoms. The van der Waals surface area contributed by atoms with Gasteiger partial charge in [0, 0.05) is 17.8 Å². The van der Waals surface area contributed by atoms with Gasteiger partial charge in [0.05, 0.1) is 5.92 Å².